The van der Waals surface area contributed by atoms with E-state index in [1.54, 1.807) is 25.1 Å². The van der Waals surface area contributed by atoms with Crippen molar-refractivity contribution in [2.24, 2.45) is 0 Å². The van der Waals surface area contributed by atoms with E-state index in [0.29, 0.717) is 28.8 Å². The van der Waals surface area contributed by atoms with E-state index in [4.69, 9.17) is 9.26 Å². The number of amides is 1. The lowest BCUT2D eigenvalue weighted by atomic mass is 9.79. The van der Waals surface area contributed by atoms with Crippen molar-refractivity contribution in [3.63, 3.8) is 0 Å². The third-order valence-electron chi connectivity index (χ3n) is 5.45. The van der Waals surface area contributed by atoms with Crippen molar-refractivity contribution in [1.29, 1.82) is 0 Å². The van der Waals surface area contributed by atoms with Crippen molar-refractivity contribution in [3.05, 3.63) is 63.6 Å². The molecule has 0 radical (unpaired) electrons. The van der Waals surface area contributed by atoms with Crippen molar-refractivity contribution >= 4 is 28.2 Å². The molecule has 4 rings (SSSR count). The van der Waals surface area contributed by atoms with Crippen LogP contribution in [0.1, 0.15) is 37.1 Å². The molecule has 0 saturated heterocycles. The molecule has 0 aliphatic carbocycles. The van der Waals surface area contributed by atoms with Crippen LogP contribution in [0.5, 0.6) is 5.75 Å². The third-order valence-corrected chi connectivity index (χ3v) is 5.45. The fraction of sp³-hybridized carbons (Fsp3) is 0.304. The Morgan fingerprint density at radius 2 is 1.97 bits per heavy atom. The molecular weight excluding hydrogens is 384 g/mol. The van der Waals surface area contributed by atoms with E-state index in [1.807, 2.05) is 32.0 Å². The summed E-state index contributed by atoms with van der Waals surface area (Å²) in [5, 5.41) is 7.25. The second kappa shape index (κ2) is 7.40. The number of carbonyl (C=O) groups excluding carboxylic acids is 2. The molecule has 0 atom stereocenters. The third kappa shape index (κ3) is 3.58. The second-order valence-electron chi connectivity index (χ2n) is 8.15. The normalized spacial score (nSPS) is 13.0. The Morgan fingerprint density at radius 3 is 2.77 bits per heavy atom. The molecule has 154 valence electrons. The molecule has 7 nitrogen and oxygen atoms in total. The van der Waals surface area contributed by atoms with Gasteiger partial charge in [0.05, 0.1) is 17.7 Å². The Labute approximate surface area is 173 Å². The lowest BCUT2D eigenvalue weighted by molar-refractivity contribution is -0.135. The highest BCUT2D eigenvalue weighted by molar-refractivity contribution is 6.40. The van der Waals surface area contributed by atoms with E-state index in [2.05, 4.69) is 10.5 Å². The van der Waals surface area contributed by atoms with Gasteiger partial charge in [0.15, 0.2) is 0 Å². The number of nitrogens with one attached hydrogen (secondary N) is 1. The van der Waals surface area contributed by atoms with Gasteiger partial charge < -0.3 is 14.6 Å². The minimum atomic E-state index is -0.704. The second-order valence-corrected chi connectivity index (χ2v) is 8.15. The maximum atomic E-state index is 12.7. The number of ketones is 1. The van der Waals surface area contributed by atoms with E-state index in [9.17, 15) is 14.4 Å². The first-order valence-electron chi connectivity index (χ1n) is 9.76. The molecular formula is C23H22N2O5. The van der Waals surface area contributed by atoms with Gasteiger partial charge in [-0.2, -0.15) is 0 Å². The predicted molar refractivity (Wildman–Crippen MR) is 112 cm³/mol. The van der Waals surface area contributed by atoms with Crippen molar-refractivity contribution in [2.75, 3.05) is 11.9 Å². The number of ether oxygens (including phenoxy) is 1. The smallest absolute Gasteiger partial charge is 0.366 e. The van der Waals surface area contributed by atoms with Gasteiger partial charge in [0.1, 0.15) is 5.75 Å². The average molecular weight is 406 g/mol. The Hall–Kier alpha value is -3.48. The fourth-order valence-electron chi connectivity index (χ4n) is 3.83. The molecule has 30 heavy (non-hydrogen) atoms. The maximum Gasteiger partial charge on any atom is 0.366 e. The van der Waals surface area contributed by atoms with E-state index < -0.39 is 22.7 Å². The number of aromatic nitrogens is 1. The minimum Gasteiger partial charge on any atom is -0.493 e. The van der Waals surface area contributed by atoms with Crippen LogP contribution in [0.4, 0.5) is 5.69 Å². The van der Waals surface area contributed by atoms with E-state index in [1.165, 1.54) is 0 Å². The van der Waals surface area contributed by atoms with Crippen LogP contribution >= 0.6 is 0 Å². The highest BCUT2D eigenvalue weighted by Gasteiger charge is 2.32. The molecule has 1 aliphatic rings. The van der Waals surface area contributed by atoms with Crippen molar-refractivity contribution in [3.8, 4) is 5.75 Å². The Morgan fingerprint density at radius 1 is 1.17 bits per heavy atom. The van der Waals surface area contributed by atoms with Gasteiger partial charge in [-0.25, -0.2) is 4.79 Å². The highest BCUT2D eigenvalue weighted by Crippen LogP contribution is 2.39. The SMILES string of the molecule is Cc1noc(=O)c2ccc(NC(=O)C(=O)CC(C)(C)c3cccc4c3OCC4)cc12. The molecule has 0 saturated carbocycles. The number of para-hydroxylation sites is 1. The molecule has 3 aromatic rings. The number of rotatable bonds is 5. The monoisotopic (exact) mass is 406 g/mol. The van der Waals surface area contributed by atoms with Crippen LogP contribution in [0, 0.1) is 6.92 Å². The number of benzene rings is 2. The zero-order valence-corrected chi connectivity index (χ0v) is 17.1. The summed E-state index contributed by atoms with van der Waals surface area (Å²) in [5.41, 5.74) is 1.88. The lowest BCUT2D eigenvalue weighted by Gasteiger charge is -2.26. The number of carbonyl (C=O) groups is 2. The van der Waals surface area contributed by atoms with Gasteiger partial charge in [-0.05, 0) is 30.7 Å². The van der Waals surface area contributed by atoms with E-state index in [-0.39, 0.29) is 6.42 Å². The zero-order valence-electron chi connectivity index (χ0n) is 17.1. The molecule has 0 spiro atoms. The first-order valence-corrected chi connectivity index (χ1v) is 9.76. The van der Waals surface area contributed by atoms with Crippen LogP contribution < -0.4 is 15.7 Å². The van der Waals surface area contributed by atoms with Crippen LogP contribution in [0.3, 0.4) is 0 Å². The molecule has 2 aromatic carbocycles. The van der Waals surface area contributed by atoms with Gasteiger partial charge in [-0.3, -0.25) is 9.59 Å². The summed E-state index contributed by atoms with van der Waals surface area (Å²) < 4.78 is 10.5. The molecule has 0 unspecified atom stereocenters. The number of aryl methyl sites for hydroxylation is 1. The van der Waals surface area contributed by atoms with Crippen molar-refractivity contribution < 1.29 is 18.8 Å². The topological polar surface area (TPSA) is 98.5 Å². The van der Waals surface area contributed by atoms with Crippen LogP contribution in [0.25, 0.3) is 10.8 Å². The van der Waals surface area contributed by atoms with Gasteiger partial charge in [0.25, 0.3) is 5.91 Å². The summed E-state index contributed by atoms with van der Waals surface area (Å²) >= 11 is 0. The van der Waals surface area contributed by atoms with Crippen LogP contribution in [-0.4, -0.2) is 23.5 Å². The molecule has 1 aromatic heterocycles. The summed E-state index contributed by atoms with van der Waals surface area (Å²) in [6.07, 6.45) is 0.888. The lowest BCUT2D eigenvalue weighted by Crippen LogP contribution is -2.30. The molecule has 1 N–H and O–H groups in total. The summed E-state index contributed by atoms with van der Waals surface area (Å²) in [6, 6.07) is 10.6. The summed E-state index contributed by atoms with van der Waals surface area (Å²) in [6.45, 7) is 6.19. The van der Waals surface area contributed by atoms with Gasteiger partial charge >= 0.3 is 5.63 Å². The number of nitrogens with zero attached hydrogens (tertiary/aromatic N) is 1. The largest absolute Gasteiger partial charge is 0.493 e. The Balaban J connectivity index is 1.52. The summed E-state index contributed by atoms with van der Waals surface area (Å²) in [7, 11) is 0. The van der Waals surface area contributed by atoms with E-state index in [0.717, 1.165) is 23.3 Å². The zero-order chi connectivity index (χ0) is 21.5. The first kappa shape index (κ1) is 19.8. The van der Waals surface area contributed by atoms with E-state index >= 15 is 0 Å². The molecule has 7 heteroatoms. The van der Waals surface area contributed by atoms with Crippen LogP contribution in [0.2, 0.25) is 0 Å². The number of fused-ring (bicyclic) bond motifs is 2. The van der Waals surface area contributed by atoms with Crippen LogP contribution in [0.15, 0.2) is 45.7 Å². The number of Topliss-reactive ketones (excluding diaryl/α,β-unsaturated/α-hetero) is 1. The van der Waals surface area contributed by atoms with Gasteiger partial charge in [-0.15, -0.1) is 0 Å². The molecule has 0 fully saturated rings. The molecule has 1 amide bonds. The standard InChI is InChI=1S/C23H22N2O5/c1-13-17-11-15(7-8-16(17)22(28)30-25-13)24-21(27)19(26)12-23(2,3)18-6-4-5-14-9-10-29-20(14)18/h4-8,11H,9-10,12H2,1-3H3,(H,24,27). The van der Waals surface area contributed by atoms with Crippen molar-refractivity contribution in [2.45, 2.75) is 39.0 Å². The molecule has 2 heterocycles. The quantitative estimate of drug-likeness (QED) is 0.653. The van der Waals surface area contributed by atoms with Gasteiger partial charge in [0, 0.05) is 34.9 Å². The maximum absolute atomic E-state index is 12.7. The molecule has 0 bridgehead atoms. The summed E-state index contributed by atoms with van der Waals surface area (Å²) in [5.74, 6) is -0.408. The molecule has 1 aliphatic heterocycles. The average Bonchev–Trinajstić information content (AvgIpc) is 3.19. The summed E-state index contributed by atoms with van der Waals surface area (Å²) in [4.78, 5) is 37.0. The Kier molecular flexibility index (Phi) is 4.89. The number of hydrogen-bond donors (Lipinski definition) is 1. The number of anilines is 1. The predicted octanol–water partition coefficient (Wildman–Crippen LogP) is 3.31. The number of hydrogen-bond acceptors (Lipinski definition) is 6. The van der Waals surface area contributed by atoms with Gasteiger partial charge in [0.2, 0.25) is 5.78 Å². The fourth-order valence-corrected chi connectivity index (χ4v) is 3.83. The van der Waals surface area contributed by atoms with Gasteiger partial charge in [-0.1, -0.05) is 37.2 Å². The first-order chi connectivity index (χ1) is 14.3. The van der Waals surface area contributed by atoms with Crippen LogP contribution in [-0.2, 0) is 21.4 Å². The highest BCUT2D eigenvalue weighted by atomic mass is 16.5. The Bertz CT molecular complexity index is 1230. The minimum absolute atomic E-state index is 0.0381. The van der Waals surface area contributed by atoms with Crippen molar-refractivity contribution in [1.82, 2.24) is 5.16 Å².